The number of nitrogens with one attached hydrogen (secondary N) is 1. The number of aliphatic hydroxyl groups excluding tert-OH is 3. The molecule has 0 heterocycles. The molecule has 1 amide bonds. The molecule has 3 atom stereocenters. The molecule has 0 aromatic carbocycles. The molecule has 47 heavy (non-hydrogen) atoms. The smallest absolute Gasteiger partial charge is 0.222 e. The summed E-state index contributed by atoms with van der Waals surface area (Å²) in [5.74, 6) is -0.333. The number of unbranched alkanes of at least 4 members (excludes halogenated alkanes) is 23. The third-order valence-electron chi connectivity index (χ3n) is 9.16. The van der Waals surface area contributed by atoms with Crippen LogP contribution in [0.15, 0.2) is 36.5 Å². The maximum atomic E-state index is 12.3. The van der Waals surface area contributed by atoms with Crippen LogP contribution in [-0.4, -0.2) is 46.1 Å². The molecule has 4 N–H and O–H groups in total. The molecule has 0 aliphatic rings. The largest absolute Gasteiger partial charge is 0.394 e. The zero-order valence-corrected chi connectivity index (χ0v) is 31.2. The van der Waals surface area contributed by atoms with E-state index in [1.807, 2.05) is 6.08 Å². The third kappa shape index (κ3) is 34.2. The maximum Gasteiger partial charge on any atom is 0.222 e. The Morgan fingerprint density at radius 2 is 0.915 bits per heavy atom. The van der Waals surface area contributed by atoms with Crippen molar-refractivity contribution in [3.05, 3.63) is 36.5 Å². The fourth-order valence-corrected chi connectivity index (χ4v) is 6.02. The highest BCUT2D eigenvalue weighted by molar-refractivity contribution is 5.76. The highest BCUT2D eigenvalue weighted by atomic mass is 16.3. The Morgan fingerprint density at radius 1 is 0.532 bits per heavy atom. The zero-order valence-electron chi connectivity index (χ0n) is 31.2. The quantitative estimate of drug-likeness (QED) is 0.0397. The van der Waals surface area contributed by atoms with Crippen LogP contribution >= 0.6 is 0 Å². The predicted molar refractivity (Wildman–Crippen MR) is 204 cm³/mol. The minimum Gasteiger partial charge on any atom is -0.394 e. The average molecular weight is 662 g/mol. The summed E-state index contributed by atoms with van der Waals surface area (Å²) < 4.78 is 0. The number of carbonyl (C=O) groups excluding carboxylic acids is 1. The Labute approximate surface area is 292 Å². The van der Waals surface area contributed by atoms with E-state index in [9.17, 15) is 20.1 Å². The lowest BCUT2D eigenvalue weighted by Gasteiger charge is -2.21. The standard InChI is InChI=1S/C42H79NO4/c1-3-5-7-9-11-13-14-15-16-17-18-19-20-21-22-23-24-25-26-27-28-30-32-34-36-41(46)40(38-44)43-42(47)37-39(45)35-33-31-29-12-10-8-6-4-2/h23-24,27-28,34,36,39-41,44-46H,3-22,25-26,29-33,35,37-38H2,1-2H3,(H,43,47)/b24-23+,28-27+,36-34+. The van der Waals surface area contributed by atoms with Crippen LogP contribution < -0.4 is 5.32 Å². The van der Waals surface area contributed by atoms with Crippen LogP contribution in [0.2, 0.25) is 0 Å². The van der Waals surface area contributed by atoms with Gasteiger partial charge >= 0.3 is 0 Å². The van der Waals surface area contributed by atoms with E-state index in [0.717, 1.165) is 38.5 Å². The summed E-state index contributed by atoms with van der Waals surface area (Å²) in [6.45, 7) is 4.16. The normalized spacial score (nSPS) is 14.1. The van der Waals surface area contributed by atoms with Crippen molar-refractivity contribution in [2.24, 2.45) is 0 Å². The highest BCUT2D eigenvalue weighted by Crippen LogP contribution is 2.14. The van der Waals surface area contributed by atoms with Gasteiger partial charge in [0, 0.05) is 0 Å². The summed E-state index contributed by atoms with van der Waals surface area (Å²) in [7, 11) is 0. The molecule has 0 aromatic rings. The van der Waals surface area contributed by atoms with E-state index in [-0.39, 0.29) is 18.9 Å². The van der Waals surface area contributed by atoms with Gasteiger partial charge in [-0.3, -0.25) is 4.79 Å². The van der Waals surface area contributed by atoms with Crippen molar-refractivity contribution in [2.75, 3.05) is 6.61 Å². The minimum absolute atomic E-state index is 0.00287. The van der Waals surface area contributed by atoms with Crippen molar-refractivity contribution in [2.45, 2.75) is 218 Å². The van der Waals surface area contributed by atoms with Crippen LogP contribution in [0.5, 0.6) is 0 Å². The zero-order chi connectivity index (χ0) is 34.5. The van der Waals surface area contributed by atoms with Gasteiger partial charge in [-0.25, -0.2) is 0 Å². The van der Waals surface area contributed by atoms with Gasteiger partial charge in [0.05, 0.1) is 31.3 Å². The molecule has 0 spiro atoms. The van der Waals surface area contributed by atoms with Crippen LogP contribution in [0.1, 0.15) is 200 Å². The van der Waals surface area contributed by atoms with Crippen LogP contribution in [0.25, 0.3) is 0 Å². The van der Waals surface area contributed by atoms with Crippen molar-refractivity contribution in [3.8, 4) is 0 Å². The molecular formula is C42H79NO4. The van der Waals surface area contributed by atoms with Gasteiger partial charge in [0.25, 0.3) is 0 Å². The second-order valence-electron chi connectivity index (χ2n) is 13.9. The van der Waals surface area contributed by atoms with Crippen LogP contribution in [-0.2, 0) is 4.79 Å². The highest BCUT2D eigenvalue weighted by Gasteiger charge is 2.20. The molecule has 0 rings (SSSR count). The number of amides is 1. The molecule has 0 aliphatic heterocycles. The molecule has 5 nitrogen and oxygen atoms in total. The van der Waals surface area contributed by atoms with Crippen molar-refractivity contribution in [3.63, 3.8) is 0 Å². The Balaban J connectivity index is 3.71. The first-order valence-corrected chi connectivity index (χ1v) is 20.3. The van der Waals surface area contributed by atoms with Crippen LogP contribution in [0.4, 0.5) is 0 Å². The van der Waals surface area contributed by atoms with E-state index >= 15 is 0 Å². The van der Waals surface area contributed by atoms with Gasteiger partial charge in [-0.2, -0.15) is 0 Å². The van der Waals surface area contributed by atoms with Gasteiger partial charge < -0.3 is 20.6 Å². The number of carbonyl (C=O) groups is 1. The lowest BCUT2D eigenvalue weighted by atomic mass is 10.0. The van der Waals surface area contributed by atoms with Gasteiger partial charge in [-0.05, 0) is 44.9 Å². The summed E-state index contributed by atoms with van der Waals surface area (Å²) in [5, 5.41) is 32.9. The summed E-state index contributed by atoms with van der Waals surface area (Å²) in [6.07, 6.45) is 45.9. The monoisotopic (exact) mass is 662 g/mol. The molecule has 0 saturated carbocycles. The molecular weight excluding hydrogens is 582 g/mol. The minimum atomic E-state index is -0.956. The van der Waals surface area contributed by atoms with E-state index in [1.165, 1.54) is 135 Å². The molecule has 0 radical (unpaired) electrons. The Morgan fingerprint density at radius 3 is 1.36 bits per heavy atom. The molecule has 5 heteroatoms. The van der Waals surface area contributed by atoms with Gasteiger partial charge in [0.1, 0.15) is 0 Å². The number of rotatable bonds is 36. The Bertz CT molecular complexity index is 734. The molecule has 0 aromatic heterocycles. The molecule has 0 bridgehead atoms. The summed E-state index contributed by atoms with van der Waals surface area (Å²) in [4.78, 5) is 12.3. The average Bonchev–Trinajstić information content (AvgIpc) is 3.06. The van der Waals surface area contributed by atoms with Crippen molar-refractivity contribution in [1.29, 1.82) is 0 Å². The lowest BCUT2D eigenvalue weighted by molar-refractivity contribution is -0.124. The van der Waals surface area contributed by atoms with E-state index in [1.54, 1.807) is 6.08 Å². The maximum absolute atomic E-state index is 12.3. The van der Waals surface area contributed by atoms with E-state index in [2.05, 4.69) is 43.5 Å². The molecule has 3 unspecified atom stereocenters. The van der Waals surface area contributed by atoms with Crippen LogP contribution in [0, 0.1) is 0 Å². The first-order chi connectivity index (χ1) is 23.0. The van der Waals surface area contributed by atoms with E-state index in [4.69, 9.17) is 0 Å². The van der Waals surface area contributed by atoms with Crippen molar-refractivity contribution < 1.29 is 20.1 Å². The fraction of sp³-hybridized carbons (Fsp3) is 0.833. The Kier molecular flexibility index (Phi) is 36.3. The Hall–Kier alpha value is -1.43. The number of allylic oxidation sites excluding steroid dienone is 5. The lowest BCUT2D eigenvalue weighted by Crippen LogP contribution is -2.45. The molecule has 276 valence electrons. The van der Waals surface area contributed by atoms with Gasteiger partial charge in [0.2, 0.25) is 5.91 Å². The van der Waals surface area contributed by atoms with Crippen LogP contribution in [0.3, 0.4) is 0 Å². The number of hydrogen-bond donors (Lipinski definition) is 4. The second kappa shape index (κ2) is 37.4. The van der Waals surface area contributed by atoms with Gasteiger partial charge in [0.15, 0.2) is 0 Å². The first-order valence-electron chi connectivity index (χ1n) is 20.3. The number of aliphatic hydroxyl groups is 3. The summed E-state index contributed by atoms with van der Waals surface area (Å²) in [6, 6.07) is -0.763. The predicted octanol–water partition coefficient (Wildman–Crippen LogP) is 11.2. The first kappa shape index (κ1) is 45.6. The summed E-state index contributed by atoms with van der Waals surface area (Å²) >= 11 is 0. The van der Waals surface area contributed by atoms with Gasteiger partial charge in [-0.15, -0.1) is 0 Å². The van der Waals surface area contributed by atoms with Crippen molar-refractivity contribution in [1.82, 2.24) is 5.32 Å². The molecule has 0 fully saturated rings. The topological polar surface area (TPSA) is 89.8 Å². The van der Waals surface area contributed by atoms with Crippen molar-refractivity contribution >= 4 is 5.91 Å². The van der Waals surface area contributed by atoms with E-state index < -0.39 is 18.2 Å². The molecule has 0 aliphatic carbocycles. The molecule has 0 saturated heterocycles. The second-order valence-corrected chi connectivity index (χ2v) is 13.9. The summed E-state index contributed by atoms with van der Waals surface area (Å²) in [5.41, 5.74) is 0. The van der Waals surface area contributed by atoms with E-state index in [0.29, 0.717) is 6.42 Å². The fourth-order valence-electron chi connectivity index (χ4n) is 6.02. The van der Waals surface area contributed by atoms with Gasteiger partial charge in [-0.1, -0.05) is 185 Å². The number of hydrogen-bond acceptors (Lipinski definition) is 4. The SMILES string of the molecule is CCCCCCCCCCCCCCCC/C=C/CC/C=C/CC/C=C/C(O)C(CO)NC(=O)CC(O)CCCCCCCCCC. The third-order valence-corrected chi connectivity index (χ3v) is 9.16.